The van der Waals surface area contributed by atoms with Crippen molar-refractivity contribution in [2.24, 2.45) is 5.10 Å². The maximum Gasteiger partial charge on any atom is 0.262 e. The summed E-state index contributed by atoms with van der Waals surface area (Å²) in [6.07, 6.45) is 2.16. The van der Waals surface area contributed by atoms with E-state index in [1.165, 1.54) is 4.90 Å². The SMILES string of the molecule is CC1=C(C)C(=O)N(C2=NN(c3ccccn3)C(c3ccccc3)C2)C1=O. The number of hydrogen-bond acceptors (Lipinski definition) is 5. The molecule has 2 amide bonds. The van der Waals surface area contributed by atoms with E-state index in [-0.39, 0.29) is 17.9 Å². The molecule has 1 atom stereocenters. The Hall–Kier alpha value is -3.28. The van der Waals surface area contributed by atoms with Crippen molar-refractivity contribution in [1.29, 1.82) is 0 Å². The van der Waals surface area contributed by atoms with Crippen molar-refractivity contribution in [3.05, 3.63) is 71.4 Å². The van der Waals surface area contributed by atoms with Crippen LogP contribution in [0.15, 0.2) is 71.0 Å². The van der Waals surface area contributed by atoms with E-state index in [1.807, 2.05) is 48.5 Å². The molecule has 3 heterocycles. The number of imide groups is 1. The van der Waals surface area contributed by atoms with Crippen molar-refractivity contribution in [3.63, 3.8) is 0 Å². The second-order valence-corrected chi connectivity index (χ2v) is 6.38. The fourth-order valence-electron chi connectivity index (χ4n) is 3.25. The fraction of sp³-hybridized carbons (Fsp3) is 0.200. The van der Waals surface area contributed by atoms with E-state index in [1.54, 1.807) is 25.1 Å². The molecule has 2 aromatic rings. The van der Waals surface area contributed by atoms with Crippen LogP contribution in [0.2, 0.25) is 0 Å². The topological polar surface area (TPSA) is 65.9 Å². The van der Waals surface area contributed by atoms with Crippen LogP contribution in [0.3, 0.4) is 0 Å². The lowest BCUT2D eigenvalue weighted by atomic mass is 10.0. The predicted octanol–water partition coefficient (Wildman–Crippen LogP) is 3.05. The highest BCUT2D eigenvalue weighted by Gasteiger charge is 2.41. The summed E-state index contributed by atoms with van der Waals surface area (Å²) < 4.78 is 0. The molecule has 26 heavy (non-hydrogen) atoms. The summed E-state index contributed by atoms with van der Waals surface area (Å²) in [5, 5.41) is 6.40. The molecule has 0 radical (unpaired) electrons. The van der Waals surface area contributed by atoms with Crippen molar-refractivity contribution < 1.29 is 9.59 Å². The predicted molar refractivity (Wildman–Crippen MR) is 98.2 cm³/mol. The zero-order valence-corrected chi connectivity index (χ0v) is 14.6. The molecule has 130 valence electrons. The lowest BCUT2D eigenvalue weighted by Crippen LogP contribution is -2.36. The van der Waals surface area contributed by atoms with Gasteiger partial charge in [-0.1, -0.05) is 36.4 Å². The van der Waals surface area contributed by atoms with E-state index in [0.29, 0.717) is 29.2 Å². The Morgan fingerprint density at radius 1 is 0.923 bits per heavy atom. The number of hydrogen-bond donors (Lipinski definition) is 0. The van der Waals surface area contributed by atoms with Crippen LogP contribution in [-0.2, 0) is 9.59 Å². The number of amidine groups is 1. The van der Waals surface area contributed by atoms with Gasteiger partial charge in [0.05, 0.1) is 6.04 Å². The minimum atomic E-state index is -0.291. The Kier molecular flexibility index (Phi) is 3.88. The summed E-state index contributed by atoms with van der Waals surface area (Å²) in [5.74, 6) is 0.550. The molecule has 6 nitrogen and oxygen atoms in total. The van der Waals surface area contributed by atoms with Gasteiger partial charge in [0.2, 0.25) is 0 Å². The molecule has 0 aliphatic carbocycles. The highest BCUT2D eigenvalue weighted by atomic mass is 16.2. The van der Waals surface area contributed by atoms with Crippen molar-refractivity contribution >= 4 is 23.5 Å². The summed E-state index contributed by atoms with van der Waals surface area (Å²) in [6, 6.07) is 15.4. The number of anilines is 1. The summed E-state index contributed by atoms with van der Waals surface area (Å²) in [6.45, 7) is 3.35. The Balaban J connectivity index is 1.74. The number of pyridine rings is 1. The molecule has 2 aliphatic heterocycles. The Bertz CT molecular complexity index is 911. The van der Waals surface area contributed by atoms with E-state index >= 15 is 0 Å². The van der Waals surface area contributed by atoms with Gasteiger partial charge in [0.1, 0.15) is 11.7 Å². The molecular formula is C20H18N4O2. The number of rotatable bonds is 2. The van der Waals surface area contributed by atoms with E-state index in [0.717, 1.165) is 5.56 Å². The van der Waals surface area contributed by atoms with Gasteiger partial charge < -0.3 is 0 Å². The summed E-state index contributed by atoms with van der Waals surface area (Å²) in [4.78, 5) is 30.6. The molecule has 0 fully saturated rings. The van der Waals surface area contributed by atoms with Crippen LogP contribution in [0, 0.1) is 0 Å². The average molecular weight is 346 g/mol. The molecule has 0 saturated carbocycles. The highest BCUT2D eigenvalue weighted by Crippen LogP contribution is 2.36. The first-order valence-corrected chi connectivity index (χ1v) is 8.47. The maximum atomic E-state index is 12.5. The first-order valence-electron chi connectivity index (χ1n) is 8.47. The second kappa shape index (κ2) is 6.22. The van der Waals surface area contributed by atoms with Crippen LogP contribution in [-0.4, -0.2) is 27.5 Å². The highest BCUT2D eigenvalue weighted by molar-refractivity contribution is 6.28. The van der Waals surface area contributed by atoms with Gasteiger partial charge >= 0.3 is 0 Å². The minimum Gasteiger partial charge on any atom is -0.269 e. The Morgan fingerprint density at radius 2 is 1.58 bits per heavy atom. The van der Waals surface area contributed by atoms with Crippen LogP contribution in [0.5, 0.6) is 0 Å². The monoisotopic (exact) mass is 346 g/mol. The molecule has 0 N–H and O–H groups in total. The molecule has 2 aliphatic rings. The van der Waals surface area contributed by atoms with Crippen LogP contribution >= 0.6 is 0 Å². The lowest BCUT2D eigenvalue weighted by Gasteiger charge is -2.22. The molecule has 0 saturated heterocycles. The quantitative estimate of drug-likeness (QED) is 0.784. The zero-order chi connectivity index (χ0) is 18.3. The van der Waals surface area contributed by atoms with E-state index in [9.17, 15) is 9.59 Å². The molecule has 4 rings (SSSR count). The number of carbonyl (C=O) groups excluding carboxylic acids is 2. The molecule has 0 bridgehead atoms. The molecule has 6 heteroatoms. The van der Waals surface area contributed by atoms with Gasteiger partial charge in [-0.3, -0.25) is 9.59 Å². The van der Waals surface area contributed by atoms with Gasteiger partial charge in [0, 0.05) is 23.8 Å². The normalized spacial score (nSPS) is 20.2. The number of nitrogens with zero attached hydrogens (tertiary/aromatic N) is 4. The van der Waals surface area contributed by atoms with Crippen LogP contribution < -0.4 is 5.01 Å². The number of amides is 2. The van der Waals surface area contributed by atoms with Crippen LogP contribution in [0.25, 0.3) is 0 Å². The van der Waals surface area contributed by atoms with E-state index < -0.39 is 0 Å². The Labute approximate surface area is 151 Å². The van der Waals surface area contributed by atoms with Gasteiger partial charge in [-0.05, 0) is 31.5 Å². The van der Waals surface area contributed by atoms with Crippen LogP contribution in [0.4, 0.5) is 5.82 Å². The maximum absolute atomic E-state index is 12.5. The molecular weight excluding hydrogens is 328 g/mol. The van der Waals surface area contributed by atoms with E-state index in [2.05, 4.69) is 10.1 Å². The third-order valence-electron chi connectivity index (χ3n) is 4.83. The summed E-state index contributed by atoms with van der Waals surface area (Å²) in [7, 11) is 0. The van der Waals surface area contributed by atoms with Gasteiger partial charge in [0.25, 0.3) is 11.8 Å². The minimum absolute atomic E-state index is 0.122. The third-order valence-corrected chi connectivity index (χ3v) is 4.83. The largest absolute Gasteiger partial charge is 0.269 e. The lowest BCUT2D eigenvalue weighted by molar-refractivity contribution is -0.132. The van der Waals surface area contributed by atoms with Crippen molar-refractivity contribution in [3.8, 4) is 0 Å². The summed E-state index contributed by atoms with van der Waals surface area (Å²) >= 11 is 0. The van der Waals surface area contributed by atoms with Gasteiger partial charge in [-0.15, -0.1) is 0 Å². The number of hydrazone groups is 1. The number of carbonyl (C=O) groups is 2. The number of aromatic nitrogens is 1. The second-order valence-electron chi connectivity index (χ2n) is 6.38. The van der Waals surface area contributed by atoms with Crippen molar-refractivity contribution in [1.82, 2.24) is 9.88 Å². The Morgan fingerprint density at radius 3 is 2.19 bits per heavy atom. The molecule has 1 aromatic heterocycles. The summed E-state index contributed by atoms with van der Waals surface area (Å²) in [5.41, 5.74) is 2.01. The standard InChI is InChI=1S/C20H18N4O2/c1-13-14(2)20(26)23(19(13)25)18-12-16(15-8-4-3-5-9-15)24(22-18)17-10-6-7-11-21-17/h3-11,16H,12H2,1-2H3. The zero-order valence-electron chi connectivity index (χ0n) is 14.6. The van der Waals surface area contributed by atoms with E-state index in [4.69, 9.17) is 0 Å². The third kappa shape index (κ3) is 2.50. The molecule has 1 aromatic carbocycles. The van der Waals surface area contributed by atoms with Crippen molar-refractivity contribution in [2.45, 2.75) is 26.3 Å². The molecule has 1 unspecified atom stereocenters. The van der Waals surface area contributed by atoms with Gasteiger partial charge in [0.15, 0.2) is 0 Å². The van der Waals surface area contributed by atoms with Crippen molar-refractivity contribution in [2.75, 3.05) is 5.01 Å². The molecule has 0 spiro atoms. The van der Waals surface area contributed by atoms with Crippen LogP contribution in [0.1, 0.15) is 31.9 Å². The first kappa shape index (κ1) is 16.2. The first-order chi connectivity index (χ1) is 12.6. The van der Waals surface area contributed by atoms with Gasteiger partial charge in [-0.2, -0.15) is 5.10 Å². The smallest absolute Gasteiger partial charge is 0.262 e. The fourth-order valence-corrected chi connectivity index (χ4v) is 3.25. The van der Waals surface area contributed by atoms with Gasteiger partial charge in [-0.25, -0.2) is 14.9 Å². The number of benzene rings is 1. The average Bonchev–Trinajstić information content (AvgIpc) is 3.19.